The van der Waals surface area contributed by atoms with Crippen molar-refractivity contribution in [2.45, 2.75) is 12.3 Å². The molecule has 0 fully saturated rings. The zero-order chi connectivity index (χ0) is 13.5. The number of nitrogens with zero attached hydrogens (tertiary/aromatic N) is 1. The lowest BCUT2D eigenvalue weighted by atomic mass is 10.1. The third-order valence-corrected chi connectivity index (χ3v) is 2.77. The predicted octanol–water partition coefficient (Wildman–Crippen LogP) is 1.89. The summed E-state index contributed by atoms with van der Waals surface area (Å²) in [6, 6.07) is 7.43. The molecule has 0 spiro atoms. The summed E-state index contributed by atoms with van der Waals surface area (Å²) in [6.07, 6.45) is 1.58. The molecule has 4 nitrogen and oxygen atoms in total. The quantitative estimate of drug-likeness (QED) is 0.378. The number of rotatable bonds is 4. The molecule has 3 N–H and O–H groups in total. The van der Waals surface area contributed by atoms with E-state index in [1.54, 1.807) is 6.08 Å². The van der Waals surface area contributed by atoms with Gasteiger partial charge in [-0.1, -0.05) is 30.3 Å². The third-order valence-electron chi connectivity index (χ3n) is 2.33. The van der Waals surface area contributed by atoms with Crippen LogP contribution in [0, 0.1) is 6.92 Å². The highest BCUT2D eigenvalue weighted by Crippen LogP contribution is 2.23. The first-order valence-corrected chi connectivity index (χ1v) is 5.91. The molecule has 0 aromatic heterocycles. The zero-order valence-electron chi connectivity index (χ0n) is 10.2. The van der Waals surface area contributed by atoms with Crippen LogP contribution in [0.15, 0.2) is 41.9 Å². The summed E-state index contributed by atoms with van der Waals surface area (Å²) in [6.45, 7) is 5.75. The largest absolute Gasteiger partial charge is 0.370 e. The number of nitrogens with one attached hydrogen (secondary N) is 1. The van der Waals surface area contributed by atoms with Gasteiger partial charge in [0.25, 0.3) is 0 Å². The number of halogens is 1. The molecule has 0 saturated carbocycles. The van der Waals surface area contributed by atoms with E-state index >= 15 is 0 Å². The maximum Gasteiger partial charge on any atom is 0.249 e. The van der Waals surface area contributed by atoms with Gasteiger partial charge >= 0.3 is 0 Å². The van der Waals surface area contributed by atoms with E-state index in [9.17, 15) is 4.79 Å². The zero-order valence-corrected chi connectivity index (χ0v) is 10.9. The number of nitrogens with two attached hydrogens (primary N) is 1. The van der Waals surface area contributed by atoms with Gasteiger partial charge in [0.05, 0.1) is 6.54 Å². The van der Waals surface area contributed by atoms with Gasteiger partial charge in [-0.15, -0.1) is 18.2 Å². The second kappa shape index (κ2) is 6.81. The summed E-state index contributed by atoms with van der Waals surface area (Å²) in [7, 11) is 0. The lowest BCUT2D eigenvalue weighted by Gasteiger charge is -2.12. The number of alkyl halides is 1. The molecule has 18 heavy (non-hydrogen) atoms. The van der Waals surface area contributed by atoms with Crippen molar-refractivity contribution in [2.75, 3.05) is 6.54 Å². The van der Waals surface area contributed by atoms with E-state index in [4.69, 9.17) is 17.3 Å². The van der Waals surface area contributed by atoms with E-state index in [1.807, 2.05) is 31.2 Å². The second-order valence-electron chi connectivity index (χ2n) is 3.72. The average Bonchev–Trinajstić information content (AvgIpc) is 2.36. The number of guanidine groups is 1. The van der Waals surface area contributed by atoms with Crippen molar-refractivity contribution in [1.82, 2.24) is 5.32 Å². The van der Waals surface area contributed by atoms with Gasteiger partial charge in [0.15, 0.2) is 5.96 Å². The Morgan fingerprint density at radius 1 is 1.61 bits per heavy atom. The standard InChI is InChI=1S/C13H16ClN3O/c1-3-8-16-13(15)17-12(18)11(14)10-7-5-4-6-9(10)2/h3-7,11H,1,8H2,2H3,(H3,15,16,17,18). The minimum atomic E-state index is -0.788. The van der Waals surface area contributed by atoms with Gasteiger partial charge in [0.1, 0.15) is 5.38 Å². The highest BCUT2D eigenvalue weighted by Gasteiger charge is 2.19. The Kier molecular flexibility index (Phi) is 5.39. The molecule has 1 aromatic rings. The highest BCUT2D eigenvalue weighted by atomic mass is 35.5. The molecule has 1 unspecified atom stereocenters. The summed E-state index contributed by atoms with van der Waals surface area (Å²) in [5, 5.41) is 1.66. The lowest BCUT2D eigenvalue weighted by Crippen LogP contribution is -2.38. The van der Waals surface area contributed by atoms with Crippen molar-refractivity contribution < 1.29 is 4.79 Å². The summed E-state index contributed by atoms with van der Waals surface area (Å²) in [5.41, 5.74) is 7.24. The Balaban J connectivity index is 2.73. The van der Waals surface area contributed by atoms with Gasteiger partial charge in [-0.05, 0) is 18.1 Å². The lowest BCUT2D eigenvalue weighted by molar-refractivity contribution is -0.119. The average molecular weight is 266 g/mol. The molecule has 1 rings (SSSR count). The molecule has 96 valence electrons. The number of amides is 1. The minimum absolute atomic E-state index is 0.0409. The summed E-state index contributed by atoms with van der Waals surface area (Å²) in [4.78, 5) is 15.7. The molecule has 0 radical (unpaired) electrons. The van der Waals surface area contributed by atoms with Crippen LogP contribution in [-0.4, -0.2) is 18.4 Å². The Hall–Kier alpha value is -1.81. The van der Waals surface area contributed by atoms with Crippen molar-refractivity contribution in [1.29, 1.82) is 0 Å². The molecule has 0 aliphatic heterocycles. The van der Waals surface area contributed by atoms with Gasteiger partial charge in [0, 0.05) is 0 Å². The van der Waals surface area contributed by atoms with E-state index in [-0.39, 0.29) is 5.96 Å². The maximum atomic E-state index is 11.8. The number of hydrogen-bond donors (Lipinski definition) is 2. The van der Waals surface area contributed by atoms with E-state index in [1.165, 1.54) is 0 Å². The molecule has 1 aromatic carbocycles. The Labute approximate surface area is 112 Å². The van der Waals surface area contributed by atoms with Crippen LogP contribution in [0.2, 0.25) is 0 Å². The van der Waals surface area contributed by atoms with E-state index in [2.05, 4.69) is 16.9 Å². The molecule has 5 heteroatoms. The number of carbonyl (C=O) groups is 1. The van der Waals surface area contributed by atoms with Crippen molar-refractivity contribution in [2.24, 2.45) is 10.7 Å². The first-order valence-electron chi connectivity index (χ1n) is 5.47. The highest BCUT2D eigenvalue weighted by molar-refractivity contribution is 6.32. The van der Waals surface area contributed by atoms with Crippen molar-refractivity contribution in [3.05, 3.63) is 48.0 Å². The smallest absolute Gasteiger partial charge is 0.249 e. The first-order chi connectivity index (χ1) is 8.56. The second-order valence-corrected chi connectivity index (χ2v) is 4.16. The van der Waals surface area contributed by atoms with Crippen LogP contribution >= 0.6 is 11.6 Å². The van der Waals surface area contributed by atoms with Gasteiger partial charge in [-0.2, -0.15) is 0 Å². The van der Waals surface area contributed by atoms with Crippen LogP contribution in [0.5, 0.6) is 0 Å². The van der Waals surface area contributed by atoms with Crippen molar-refractivity contribution in [3.8, 4) is 0 Å². The van der Waals surface area contributed by atoms with Crippen LogP contribution in [0.1, 0.15) is 16.5 Å². The Morgan fingerprint density at radius 2 is 2.28 bits per heavy atom. The summed E-state index contributed by atoms with van der Waals surface area (Å²) < 4.78 is 0. The normalized spacial score (nSPS) is 12.9. The van der Waals surface area contributed by atoms with Gasteiger partial charge < -0.3 is 5.73 Å². The van der Waals surface area contributed by atoms with Crippen molar-refractivity contribution >= 4 is 23.5 Å². The molecule has 0 aliphatic rings. The van der Waals surface area contributed by atoms with Gasteiger partial charge in [-0.25, -0.2) is 4.99 Å². The van der Waals surface area contributed by atoms with E-state index < -0.39 is 11.3 Å². The maximum absolute atomic E-state index is 11.8. The van der Waals surface area contributed by atoms with Crippen LogP contribution in [0.4, 0.5) is 0 Å². The van der Waals surface area contributed by atoms with Gasteiger partial charge in [0.2, 0.25) is 5.91 Å². The molecule has 0 aliphatic carbocycles. The fourth-order valence-corrected chi connectivity index (χ4v) is 1.70. The number of hydrogen-bond acceptors (Lipinski definition) is 2. The summed E-state index contributed by atoms with van der Waals surface area (Å²) in [5.74, 6) is -0.351. The monoisotopic (exact) mass is 265 g/mol. The molecule has 0 saturated heterocycles. The number of aliphatic imine (C=N–C) groups is 1. The van der Waals surface area contributed by atoms with E-state index in [0.717, 1.165) is 11.1 Å². The van der Waals surface area contributed by atoms with E-state index in [0.29, 0.717) is 6.54 Å². The van der Waals surface area contributed by atoms with Crippen LogP contribution < -0.4 is 11.1 Å². The molecular weight excluding hydrogens is 250 g/mol. The Morgan fingerprint density at radius 3 is 2.89 bits per heavy atom. The topological polar surface area (TPSA) is 67.5 Å². The van der Waals surface area contributed by atoms with Crippen molar-refractivity contribution in [3.63, 3.8) is 0 Å². The summed E-state index contributed by atoms with van der Waals surface area (Å²) >= 11 is 6.10. The molecular formula is C13H16ClN3O. The van der Waals surface area contributed by atoms with Crippen LogP contribution in [0.25, 0.3) is 0 Å². The number of aryl methyl sites for hydroxylation is 1. The van der Waals surface area contributed by atoms with Crippen LogP contribution in [0.3, 0.4) is 0 Å². The number of benzene rings is 1. The fraction of sp³-hybridized carbons (Fsp3) is 0.231. The predicted molar refractivity (Wildman–Crippen MR) is 74.6 cm³/mol. The number of carbonyl (C=O) groups excluding carboxylic acids is 1. The van der Waals surface area contributed by atoms with Gasteiger partial charge in [-0.3, -0.25) is 10.1 Å². The third kappa shape index (κ3) is 3.89. The van der Waals surface area contributed by atoms with Crippen LogP contribution in [-0.2, 0) is 4.79 Å². The molecule has 0 bridgehead atoms. The fourth-order valence-electron chi connectivity index (χ4n) is 1.40. The molecule has 0 heterocycles. The minimum Gasteiger partial charge on any atom is -0.370 e. The molecule has 1 amide bonds. The molecule has 1 atom stereocenters. The Bertz CT molecular complexity index is 471. The first kappa shape index (κ1) is 14.3. The SMILES string of the molecule is C=CCN=C(N)NC(=O)C(Cl)c1ccccc1C.